The van der Waals surface area contributed by atoms with Gasteiger partial charge in [-0.3, -0.25) is 28.8 Å². The molecule has 18 nitrogen and oxygen atoms in total. The van der Waals surface area contributed by atoms with Gasteiger partial charge in [0.2, 0.25) is 29.9 Å². The summed E-state index contributed by atoms with van der Waals surface area (Å²) in [5.41, 5.74) is 5.44. The first-order valence-corrected chi connectivity index (χ1v) is 19.9. The molecule has 0 saturated carbocycles. The molecule has 18 heteroatoms. The minimum absolute atomic E-state index is 0.138. The molecule has 0 unspecified atom stereocenters. The van der Waals surface area contributed by atoms with Crippen LogP contribution in [0.5, 0.6) is 0 Å². The fourth-order valence-corrected chi connectivity index (χ4v) is 5.49. The van der Waals surface area contributed by atoms with Gasteiger partial charge in [0.15, 0.2) is 0 Å². The van der Waals surface area contributed by atoms with E-state index in [2.05, 4.69) is 21.3 Å². The summed E-state index contributed by atoms with van der Waals surface area (Å²) >= 11 is 0. The molecule has 0 aliphatic carbocycles. The molecule has 0 aromatic heterocycles. The zero-order valence-corrected chi connectivity index (χ0v) is 32.8. The van der Waals surface area contributed by atoms with Gasteiger partial charge in [0.25, 0.3) is 0 Å². The third-order valence-corrected chi connectivity index (χ3v) is 8.72. The highest BCUT2D eigenvalue weighted by Gasteiger charge is 2.24. The second-order valence-corrected chi connectivity index (χ2v) is 13.7. The molecule has 0 aromatic carbocycles. The smallest absolute Gasteiger partial charge is 0.326 e. The molecule has 321 valence electrons. The zero-order valence-electron chi connectivity index (χ0n) is 32.8. The number of ether oxygens (including phenoxy) is 2. The Labute approximate surface area is 330 Å². The fourth-order valence-electron chi connectivity index (χ4n) is 5.49. The van der Waals surface area contributed by atoms with Crippen molar-refractivity contribution in [2.45, 2.75) is 153 Å². The number of carboxylic acid groups (broad SMARTS) is 3. The van der Waals surface area contributed by atoms with Crippen LogP contribution >= 0.6 is 0 Å². The van der Waals surface area contributed by atoms with Crippen LogP contribution in [-0.2, 0) is 47.8 Å². The molecular weight excluding hydrogens is 734 g/mol. The van der Waals surface area contributed by atoms with Crippen LogP contribution in [0.4, 0.5) is 0 Å². The lowest BCUT2D eigenvalue weighted by Crippen LogP contribution is -2.44. The van der Waals surface area contributed by atoms with E-state index in [1.54, 1.807) is 6.29 Å². The van der Waals surface area contributed by atoms with Crippen molar-refractivity contribution in [3.8, 4) is 0 Å². The Kier molecular flexibility index (Phi) is 32.6. The highest BCUT2D eigenvalue weighted by molar-refractivity contribution is 5.86. The van der Waals surface area contributed by atoms with Gasteiger partial charge in [0, 0.05) is 38.8 Å². The highest BCUT2D eigenvalue weighted by Crippen LogP contribution is 2.13. The molecule has 0 heterocycles. The third-order valence-electron chi connectivity index (χ3n) is 8.72. The Morgan fingerprint density at radius 2 is 0.964 bits per heavy atom. The first-order chi connectivity index (χ1) is 26.8. The van der Waals surface area contributed by atoms with E-state index in [0.717, 1.165) is 70.6 Å². The lowest BCUT2D eigenvalue weighted by molar-refractivity contribution is -0.143. The second-order valence-electron chi connectivity index (χ2n) is 13.7. The van der Waals surface area contributed by atoms with Gasteiger partial charge in [-0.2, -0.15) is 0 Å². The highest BCUT2D eigenvalue weighted by atomic mass is 16.5. The normalized spacial score (nSPS) is 12.5. The predicted octanol–water partition coefficient (Wildman–Crippen LogP) is 2.10. The summed E-state index contributed by atoms with van der Waals surface area (Å²) in [6.45, 7) is 0.891. The topological polar surface area (TPSA) is 290 Å². The van der Waals surface area contributed by atoms with Crippen LogP contribution in [0.2, 0.25) is 0 Å². The summed E-state index contributed by atoms with van der Waals surface area (Å²) in [6, 6.07) is -3.30. The molecule has 0 fully saturated rings. The van der Waals surface area contributed by atoms with E-state index >= 15 is 0 Å². The van der Waals surface area contributed by atoms with Crippen LogP contribution in [0.1, 0.15) is 135 Å². The molecule has 56 heavy (non-hydrogen) atoms. The number of nitrogens with two attached hydrogens (primary N) is 1. The fraction of sp³-hybridized carbons (Fsp3) is 0.789. The van der Waals surface area contributed by atoms with Crippen LogP contribution in [0.15, 0.2) is 0 Å². The van der Waals surface area contributed by atoms with E-state index in [1.807, 2.05) is 0 Å². The van der Waals surface area contributed by atoms with Crippen molar-refractivity contribution < 1.29 is 63.1 Å². The second kappa shape index (κ2) is 35.3. The van der Waals surface area contributed by atoms with E-state index in [-0.39, 0.29) is 77.4 Å². The van der Waals surface area contributed by atoms with Crippen molar-refractivity contribution >= 4 is 47.8 Å². The predicted molar refractivity (Wildman–Crippen MR) is 205 cm³/mol. The van der Waals surface area contributed by atoms with Crippen molar-refractivity contribution in [3.63, 3.8) is 0 Å². The van der Waals surface area contributed by atoms with Gasteiger partial charge in [-0.05, 0) is 44.9 Å². The van der Waals surface area contributed by atoms with Crippen molar-refractivity contribution in [1.82, 2.24) is 21.3 Å². The van der Waals surface area contributed by atoms with E-state index in [4.69, 9.17) is 20.3 Å². The molecule has 1 radical (unpaired) electrons. The Bertz CT molecular complexity index is 1160. The standard InChI is InChI=1S/C38H66N5O13/c39-29(27-44)15-13-14-22-40-35(48)28-56-26-25-55-24-23-41-32(45)20-18-30(37(51)52)43-34(47)21-19-31(38(53)54)42-33(46)16-11-9-7-5-3-1-2-4-6-8-10-12-17-36(49)50/h29-31H,1-26,28,39H2,(H,40,48)(H,41,45)(H,42,46)(H,43,47)(H,49,50)(H,51,52)(H,53,54)/t29-,30-,31-/m0/s1. The van der Waals surface area contributed by atoms with E-state index in [0.29, 0.717) is 32.2 Å². The van der Waals surface area contributed by atoms with Gasteiger partial charge in [-0.15, -0.1) is 0 Å². The molecule has 0 spiro atoms. The van der Waals surface area contributed by atoms with Crippen LogP contribution in [0.3, 0.4) is 0 Å². The largest absolute Gasteiger partial charge is 0.481 e. The monoisotopic (exact) mass is 800 g/mol. The number of nitrogens with one attached hydrogen (secondary N) is 4. The number of carbonyl (C=O) groups is 7. The number of carboxylic acids is 3. The average molecular weight is 801 g/mol. The van der Waals surface area contributed by atoms with Gasteiger partial charge in [0.1, 0.15) is 18.7 Å². The van der Waals surface area contributed by atoms with Crippen molar-refractivity contribution in [1.29, 1.82) is 0 Å². The summed E-state index contributed by atoms with van der Waals surface area (Å²) in [7, 11) is 0. The number of aliphatic carboxylic acids is 3. The third kappa shape index (κ3) is 33.2. The van der Waals surface area contributed by atoms with Crippen LogP contribution in [0.25, 0.3) is 0 Å². The van der Waals surface area contributed by atoms with Crippen molar-refractivity contribution in [3.05, 3.63) is 0 Å². The Hall–Kier alpha value is -4.16. The van der Waals surface area contributed by atoms with Crippen LogP contribution < -0.4 is 27.0 Å². The van der Waals surface area contributed by atoms with Gasteiger partial charge in [0.05, 0.1) is 25.9 Å². The lowest BCUT2D eigenvalue weighted by Gasteiger charge is -2.17. The Morgan fingerprint density at radius 3 is 1.48 bits per heavy atom. The van der Waals surface area contributed by atoms with Gasteiger partial charge >= 0.3 is 17.9 Å². The van der Waals surface area contributed by atoms with E-state index in [9.17, 15) is 48.6 Å². The van der Waals surface area contributed by atoms with Crippen LogP contribution in [-0.4, -0.2) is 121 Å². The Morgan fingerprint density at radius 1 is 0.500 bits per heavy atom. The van der Waals surface area contributed by atoms with Gasteiger partial charge in [-0.25, -0.2) is 9.59 Å². The summed E-state index contributed by atoms with van der Waals surface area (Å²) in [5, 5.41) is 37.7. The van der Waals surface area contributed by atoms with Gasteiger partial charge in [-0.1, -0.05) is 64.2 Å². The number of hydrogen-bond donors (Lipinski definition) is 8. The maximum absolute atomic E-state index is 12.4. The molecular formula is C38H66N5O13. The molecule has 0 saturated heterocycles. The van der Waals surface area contributed by atoms with E-state index < -0.39 is 53.8 Å². The maximum Gasteiger partial charge on any atom is 0.326 e. The van der Waals surface area contributed by atoms with Crippen molar-refractivity contribution in [2.75, 3.05) is 39.5 Å². The molecule has 0 rings (SSSR count). The minimum atomic E-state index is -1.38. The summed E-state index contributed by atoms with van der Waals surface area (Å²) in [6.07, 6.45) is 14.8. The van der Waals surface area contributed by atoms with E-state index in [1.165, 1.54) is 0 Å². The molecule has 3 atom stereocenters. The van der Waals surface area contributed by atoms with Gasteiger partial charge < -0.3 is 51.8 Å². The first-order valence-electron chi connectivity index (χ1n) is 19.9. The van der Waals surface area contributed by atoms with Crippen LogP contribution in [0, 0.1) is 0 Å². The number of rotatable bonds is 39. The molecule has 9 N–H and O–H groups in total. The number of hydrogen-bond acceptors (Lipinski definition) is 11. The lowest BCUT2D eigenvalue weighted by atomic mass is 10.0. The average Bonchev–Trinajstić information content (AvgIpc) is 3.15. The quantitative estimate of drug-likeness (QED) is 0.0414. The zero-order chi connectivity index (χ0) is 41.8. The summed E-state index contributed by atoms with van der Waals surface area (Å²) in [4.78, 5) is 92.9. The number of amides is 4. The Balaban J connectivity index is 4.05. The summed E-state index contributed by atoms with van der Waals surface area (Å²) in [5.74, 6) is -5.32. The molecule has 0 aromatic rings. The maximum atomic E-state index is 12.4. The molecule has 0 aliphatic rings. The molecule has 0 bridgehead atoms. The summed E-state index contributed by atoms with van der Waals surface area (Å²) < 4.78 is 10.6. The number of carbonyl (C=O) groups excluding carboxylic acids is 5. The number of unbranched alkanes of at least 4 members (excludes halogenated alkanes) is 12. The molecule has 0 aliphatic heterocycles. The van der Waals surface area contributed by atoms with Crippen molar-refractivity contribution in [2.24, 2.45) is 5.73 Å². The molecule has 4 amide bonds. The minimum Gasteiger partial charge on any atom is -0.481 e. The SMILES string of the molecule is N[C@H]([C]=O)CCCCNC(=O)COCCOCCNC(=O)CC[C@H](NC(=O)CC[C@H](NC(=O)CCCCCCCCCCCCCCC(=O)O)C(=O)O)C(=O)O. The first kappa shape index (κ1) is 51.8.